The van der Waals surface area contributed by atoms with Crippen LogP contribution in [0.3, 0.4) is 0 Å². The van der Waals surface area contributed by atoms with Gasteiger partial charge in [0, 0.05) is 6.54 Å². The molecule has 92 valence electrons. The van der Waals surface area contributed by atoms with Crippen LogP contribution in [0.4, 0.5) is 0 Å². The lowest BCUT2D eigenvalue weighted by Crippen LogP contribution is -2.05. The van der Waals surface area contributed by atoms with E-state index >= 15 is 0 Å². The van der Waals surface area contributed by atoms with E-state index in [1.807, 2.05) is 0 Å². The van der Waals surface area contributed by atoms with Crippen molar-refractivity contribution < 1.29 is 0 Å². The van der Waals surface area contributed by atoms with Crippen LogP contribution < -0.4 is 5.73 Å². The van der Waals surface area contributed by atoms with Crippen LogP contribution in [0.2, 0.25) is 0 Å². The molecule has 0 aromatic heterocycles. The van der Waals surface area contributed by atoms with Crippen LogP contribution in [0.5, 0.6) is 0 Å². The number of nitrogens with two attached hydrogens (primary N) is 1. The summed E-state index contributed by atoms with van der Waals surface area (Å²) in [5, 5.41) is 0. The lowest BCUT2D eigenvalue weighted by atomic mass is 9.93. The summed E-state index contributed by atoms with van der Waals surface area (Å²) in [6, 6.07) is 15.9. The summed E-state index contributed by atoms with van der Waals surface area (Å²) in [5.74, 6) is 0. The Balaban J connectivity index is 2.00. The molecule has 0 radical (unpaired) electrons. The lowest BCUT2D eigenvalue weighted by molar-refractivity contribution is 0.892. The first-order valence-corrected chi connectivity index (χ1v) is 6.74. The van der Waals surface area contributed by atoms with Gasteiger partial charge >= 0.3 is 0 Å². The van der Waals surface area contributed by atoms with Crippen molar-refractivity contribution in [1.82, 2.24) is 0 Å². The Labute approximate surface area is 109 Å². The molecule has 0 heterocycles. The third-order valence-electron chi connectivity index (χ3n) is 3.90. The average molecular weight is 237 g/mol. The molecule has 0 fully saturated rings. The summed E-state index contributed by atoms with van der Waals surface area (Å²) in [6.45, 7) is 0.654. The van der Waals surface area contributed by atoms with Crippen molar-refractivity contribution in [1.29, 1.82) is 0 Å². The highest BCUT2D eigenvalue weighted by Crippen LogP contribution is 2.18. The number of hydrogen-bond acceptors (Lipinski definition) is 1. The van der Waals surface area contributed by atoms with Crippen molar-refractivity contribution in [2.45, 2.75) is 32.2 Å². The van der Waals surface area contributed by atoms with Gasteiger partial charge in [-0.3, -0.25) is 0 Å². The molecule has 0 saturated heterocycles. The van der Waals surface area contributed by atoms with Crippen molar-refractivity contribution in [2.75, 3.05) is 0 Å². The van der Waals surface area contributed by atoms with Gasteiger partial charge in [-0.15, -0.1) is 0 Å². The topological polar surface area (TPSA) is 26.0 Å². The lowest BCUT2D eigenvalue weighted by Gasteiger charge is -2.13. The summed E-state index contributed by atoms with van der Waals surface area (Å²) >= 11 is 0. The maximum atomic E-state index is 5.87. The molecular weight excluding hydrogens is 218 g/mol. The molecule has 1 nitrogen and oxygen atoms in total. The first kappa shape index (κ1) is 11.5. The van der Waals surface area contributed by atoms with Crippen LogP contribution in [-0.2, 0) is 32.2 Å². The smallest absolute Gasteiger partial charge is 0.0180 e. The highest BCUT2D eigenvalue weighted by Gasteiger charge is 2.06. The Bertz CT molecular complexity index is 540. The first-order valence-electron chi connectivity index (χ1n) is 6.74. The second-order valence-corrected chi connectivity index (χ2v) is 5.12. The van der Waals surface area contributed by atoms with Gasteiger partial charge < -0.3 is 5.73 Å². The standard InChI is InChI=1S/C17H19N/c18-12-17-11-15-6-5-13-1-3-14(4-2-13)7-9-16(17)10-8-15/h1-4,8,10-11H,5-7,9,12,18H2. The Hall–Kier alpha value is -1.60. The largest absolute Gasteiger partial charge is 0.326 e. The van der Waals surface area contributed by atoms with E-state index in [-0.39, 0.29) is 0 Å². The minimum Gasteiger partial charge on any atom is -0.326 e. The van der Waals surface area contributed by atoms with Crippen molar-refractivity contribution in [2.24, 2.45) is 5.73 Å². The van der Waals surface area contributed by atoms with E-state index in [0.29, 0.717) is 6.54 Å². The third kappa shape index (κ3) is 2.32. The zero-order valence-electron chi connectivity index (χ0n) is 10.7. The third-order valence-corrected chi connectivity index (χ3v) is 3.90. The molecule has 4 aliphatic carbocycles. The average Bonchev–Trinajstić information content (AvgIpc) is 2.41. The number of benzene rings is 2. The van der Waals surface area contributed by atoms with Crippen molar-refractivity contribution in [3.05, 3.63) is 70.3 Å². The van der Waals surface area contributed by atoms with Gasteiger partial charge in [-0.25, -0.2) is 0 Å². The van der Waals surface area contributed by atoms with E-state index in [0.717, 1.165) is 25.7 Å². The van der Waals surface area contributed by atoms with Gasteiger partial charge in [0.2, 0.25) is 0 Å². The predicted octanol–water partition coefficient (Wildman–Crippen LogP) is 3.03. The molecule has 2 aromatic rings. The van der Waals surface area contributed by atoms with Crippen LogP contribution >= 0.6 is 0 Å². The van der Waals surface area contributed by atoms with Gasteiger partial charge in [-0.2, -0.15) is 0 Å². The molecule has 4 bridgehead atoms. The second kappa shape index (κ2) is 4.95. The molecular formula is C17H19N. The zero-order chi connectivity index (χ0) is 12.4. The minimum absolute atomic E-state index is 0.654. The van der Waals surface area contributed by atoms with Gasteiger partial charge in [-0.05, 0) is 53.5 Å². The van der Waals surface area contributed by atoms with E-state index in [4.69, 9.17) is 5.73 Å². The Morgan fingerprint density at radius 3 is 1.94 bits per heavy atom. The van der Waals surface area contributed by atoms with Crippen LogP contribution in [-0.4, -0.2) is 0 Å². The fourth-order valence-corrected chi connectivity index (χ4v) is 2.71. The normalized spacial score (nSPS) is 14.3. The predicted molar refractivity (Wildman–Crippen MR) is 75.6 cm³/mol. The van der Waals surface area contributed by atoms with Crippen molar-refractivity contribution in [3.8, 4) is 0 Å². The van der Waals surface area contributed by atoms with Gasteiger partial charge in [0.25, 0.3) is 0 Å². The molecule has 4 aliphatic rings. The Morgan fingerprint density at radius 2 is 1.28 bits per heavy atom. The molecule has 0 unspecified atom stereocenters. The molecule has 6 rings (SSSR count). The quantitative estimate of drug-likeness (QED) is 0.810. The number of hydrogen-bond donors (Lipinski definition) is 1. The van der Waals surface area contributed by atoms with Crippen LogP contribution in [0.25, 0.3) is 0 Å². The summed E-state index contributed by atoms with van der Waals surface area (Å²) < 4.78 is 0. The van der Waals surface area contributed by atoms with Gasteiger partial charge in [0.05, 0.1) is 0 Å². The molecule has 0 atom stereocenters. The number of aryl methyl sites for hydroxylation is 4. The van der Waals surface area contributed by atoms with Crippen LogP contribution in [0.1, 0.15) is 27.8 Å². The zero-order valence-corrected chi connectivity index (χ0v) is 10.7. The SMILES string of the molecule is NCc1cc2ccc1CCc1ccc(cc1)CC2. The molecule has 2 aromatic carbocycles. The Morgan fingerprint density at radius 1 is 0.722 bits per heavy atom. The summed E-state index contributed by atoms with van der Waals surface area (Å²) in [5.41, 5.74) is 12.9. The van der Waals surface area contributed by atoms with Gasteiger partial charge in [0.1, 0.15) is 0 Å². The highest BCUT2D eigenvalue weighted by molar-refractivity contribution is 5.35. The minimum atomic E-state index is 0.654. The first-order chi connectivity index (χ1) is 8.85. The molecule has 0 saturated carbocycles. The van der Waals surface area contributed by atoms with Crippen LogP contribution in [0, 0.1) is 0 Å². The van der Waals surface area contributed by atoms with Crippen LogP contribution in [0.15, 0.2) is 42.5 Å². The summed E-state index contributed by atoms with van der Waals surface area (Å²) in [7, 11) is 0. The van der Waals surface area contributed by atoms with E-state index in [2.05, 4.69) is 42.5 Å². The van der Waals surface area contributed by atoms with Crippen molar-refractivity contribution >= 4 is 0 Å². The number of rotatable bonds is 1. The van der Waals surface area contributed by atoms with Gasteiger partial charge in [0.15, 0.2) is 0 Å². The van der Waals surface area contributed by atoms with E-state index in [1.54, 1.807) is 0 Å². The molecule has 0 spiro atoms. The maximum absolute atomic E-state index is 5.87. The molecule has 1 heteroatoms. The van der Waals surface area contributed by atoms with E-state index < -0.39 is 0 Å². The summed E-state index contributed by atoms with van der Waals surface area (Å²) in [6.07, 6.45) is 4.41. The molecule has 18 heavy (non-hydrogen) atoms. The van der Waals surface area contributed by atoms with E-state index in [9.17, 15) is 0 Å². The molecule has 0 aliphatic heterocycles. The fraction of sp³-hybridized carbons (Fsp3) is 0.294. The van der Waals surface area contributed by atoms with Crippen molar-refractivity contribution in [3.63, 3.8) is 0 Å². The Kier molecular flexibility index (Phi) is 3.16. The highest BCUT2D eigenvalue weighted by atomic mass is 14.5. The molecule has 2 N–H and O–H groups in total. The monoisotopic (exact) mass is 237 g/mol. The maximum Gasteiger partial charge on any atom is 0.0180 e. The summed E-state index contributed by atoms with van der Waals surface area (Å²) in [4.78, 5) is 0. The molecule has 0 amide bonds. The second-order valence-electron chi connectivity index (χ2n) is 5.12. The van der Waals surface area contributed by atoms with Gasteiger partial charge in [-0.1, -0.05) is 42.5 Å². The fourth-order valence-electron chi connectivity index (χ4n) is 2.71. The van der Waals surface area contributed by atoms with E-state index in [1.165, 1.54) is 27.8 Å².